The van der Waals surface area contributed by atoms with Gasteiger partial charge in [0.25, 0.3) is 0 Å². The zero-order chi connectivity index (χ0) is 13.0. The summed E-state index contributed by atoms with van der Waals surface area (Å²) >= 11 is 0. The van der Waals surface area contributed by atoms with Gasteiger partial charge in [-0.3, -0.25) is 4.79 Å². The summed E-state index contributed by atoms with van der Waals surface area (Å²) in [4.78, 5) is 13.0. The first-order chi connectivity index (χ1) is 8.76. The van der Waals surface area contributed by atoms with Gasteiger partial charge in [-0.25, -0.2) is 4.39 Å². The summed E-state index contributed by atoms with van der Waals surface area (Å²) in [5.41, 5.74) is 2.33. The normalized spacial score (nSPS) is 10.1. The van der Waals surface area contributed by atoms with Crippen molar-refractivity contribution in [2.24, 2.45) is 0 Å². The number of carbonyl (C=O) groups excluding carboxylic acids is 1. The first-order valence-corrected chi connectivity index (χ1v) is 5.83. The lowest BCUT2D eigenvalue weighted by atomic mass is 10.1. The summed E-state index contributed by atoms with van der Waals surface area (Å²) in [7, 11) is 0. The van der Waals surface area contributed by atoms with Gasteiger partial charge in [-0.15, -0.1) is 0 Å². The molecule has 2 aromatic rings. The summed E-state index contributed by atoms with van der Waals surface area (Å²) < 4.78 is 12.9. The summed E-state index contributed by atoms with van der Waals surface area (Å²) in [5.74, 6) is -0.265. The minimum Gasteiger partial charge on any atom is -0.341 e. The molecule has 0 aliphatic carbocycles. The van der Waals surface area contributed by atoms with Crippen molar-refractivity contribution in [3.8, 4) is 0 Å². The first kappa shape index (κ1) is 12.3. The van der Waals surface area contributed by atoms with Crippen molar-refractivity contribution in [2.75, 3.05) is 11.4 Å². The van der Waals surface area contributed by atoms with Crippen molar-refractivity contribution in [1.82, 2.24) is 0 Å². The van der Waals surface area contributed by atoms with Crippen LogP contribution < -0.4 is 4.90 Å². The smallest absolute Gasteiger partial charge is 0.152 e. The van der Waals surface area contributed by atoms with E-state index in [4.69, 9.17) is 0 Å². The van der Waals surface area contributed by atoms with E-state index in [1.165, 1.54) is 12.1 Å². The summed E-state index contributed by atoms with van der Waals surface area (Å²) in [5, 5.41) is 0. The molecule has 0 aromatic heterocycles. The molecule has 0 saturated carbocycles. The van der Waals surface area contributed by atoms with Crippen LogP contribution in [0.2, 0.25) is 0 Å². The lowest BCUT2D eigenvalue weighted by molar-refractivity contribution is 0.112. The van der Waals surface area contributed by atoms with E-state index in [0.29, 0.717) is 12.1 Å². The number of benzene rings is 2. The van der Waals surface area contributed by atoms with Gasteiger partial charge in [0.1, 0.15) is 5.82 Å². The maximum absolute atomic E-state index is 12.9. The number of carbonyl (C=O) groups is 1. The van der Waals surface area contributed by atoms with E-state index in [1.54, 1.807) is 18.2 Å². The number of hydrogen-bond donors (Lipinski definition) is 0. The molecule has 92 valence electrons. The van der Waals surface area contributed by atoms with Gasteiger partial charge in [-0.1, -0.05) is 12.1 Å². The molecule has 0 spiro atoms. The van der Waals surface area contributed by atoms with Crippen molar-refractivity contribution >= 4 is 17.7 Å². The minimum absolute atomic E-state index is 0.265. The Hall–Kier alpha value is -2.16. The first-order valence-electron chi connectivity index (χ1n) is 5.83. The van der Waals surface area contributed by atoms with Crippen molar-refractivity contribution in [2.45, 2.75) is 6.92 Å². The second kappa shape index (κ2) is 5.45. The third kappa shape index (κ3) is 2.40. The summed E-state index contributed by atoms with van der Waals surface area (Å²) in [6, 6.07) is 13.6. The number of halogens is 1. The molecule has 18 heavy (non-hydrogen) atoms. The van der Waals surface area contributed by atoms with Gasteiger partial charge in [0.2, 0.25) is 0 Å². The number of para-hydroxylation sites is 1. The molecule has 0 bridgehead atoms. The van der Waals surface area contributed by atoms with Crippen LogP contribution in [0.3, 0.4) is 0 Å². The highest BCUT2D eigenvalue weighted by molar-refractivity contribution is 5.86. The van der Waals surface area contributed by atoms with Crippen molar-refractivity contribution < 1.29 is 9.18 Å². The molecule has 2 aromatic carbocycles. The maximum atomic E-state index is 12.9. The Kier molecular flexibility index (Phi) is 3.72. The van der Waals surface area contributed by atoms with Crippen LogP contribution in [-0.4, -0.2) is 12.8 Å². The zero-order valence-electron chi connectivity index (χ0n) is 10.1. The molecule has 0 aliphatic heterocycles. The van der Waals surface area contributed by atoms with E-state index < -0.39 is 0 Å². The number of nitrogens with zero attached hydrogens (tertiary/aromatic N) is 1. The van der Waals surface area contributed by atoms with E-state index >= 15 is 0 Å². The fourth-order valence-electron chi connectivity index (χ4n) is 1.95. The lowest BCUT2D eigenvalue weighted by Gasteiger charge is -2.24. The average molecular weight is 243 g/mol. The second-order valence-corrected chi connectivity index (χ2v) is 3.90. The van der Waals surface area contributed by atoms with E-state index in [9.17, 15) is 9.18 Å². The van der Waals surface area contributed by atoms with Crippen LogP contribution in [0.5, 0.6) is 0 Å². The van der Waals surface area contributed by atoms with Crippen LogP contribution in [0.25, 0.3) is 0 Å². The van der Waals surface area contributed by atoms with Gasteiger partial charge in [0, 0.05) is 17.8 Å². The molecule has 0 atom stereocenters. The van der Waals surface area contributed by atoms with Crippen LogP contribution in [0.1, 0.15) is 17.3 Å². The van der Waals surface area contributed by atoms with Crippen LogP contribution in [0, 0.1) is 5.82 Å². The van der Waals surface area contributed by atoms with Crippen LogP contribution in [0.4, 0.5) is 15.8 Å². The standard InChI is InChI=1S/C15H14FNO/c1-2-17(14-9-7-13(16)8-10-14)15-6-4-3-5-12(15)11-18/h3-11H,2H2,1H3. The SMILES string of the molecule is CCN(c1ccc(F)cc1)c1ccccc1C=O. The van der Waals surface area contributed by atoms with Gasteiger partial charge in [0.15, 0.2) is 6.29 Å². The molecule has 0 N–H and O–H groups in total. The molecule has 0 fully saturated rings. The summed E-state index contributed by atoms with van der Waals surface area (Å²) in [6.45, 7) is 2.70. The fourth-order valence-corrected chi connectivity index (χ4v) is 1.95. The van der Waals surface area contributed by atoms with E-state index in [1.807, 2.05) is 30.0 Å². The molecule has 0 radical (unpaired) electrons. The van der Waals surface area contributed by atoms with Crippen molar-refractivity contribution in [3.63, 3.8) is 0 Å². The minimum atomic E-state index is -0.265. The van der Waals surface area contributed by atoms with Crippen molar-refractivity contribution in [1.29, 1.82) is 0 Å². The van der Waals surface area contributed by atoms with Gasteiger partial charge in [-0.05, 0) is 43.3 Å². The monoisotopic (exact) mass is 243 g/mol. The number of hydrogen-bond acceptors (Lipinski definition) is 2. The highest BCUT2D eigenvalue weighted by Gasteiger charge is 2.10. The topological polar surface area (TPSA) is 20.3 Å². The molecule has 0 amide bonds. The zero-order valence-corrected chi connectivity index (χ0v) is 10.1. The van der Waals surface area contributed by atoms with Crippen LogP contribution >= 0.6 is 0 Å². The van der Waals surface area contributed by atoms with Crippen molar-refractivity contribution in [3.05, 3.63) is 59.9 Å². The molecule has 0 aliphatic rings. The highest BCUT2D eigenvalue weighted by atomic mass is 19.1. The third-order valence-electron chi connectivity index (χ3n) is 2.81. The maximum Gasteiger partial charge on any atom is 0.152 e. The fraction of sp³-hybridized carbons (Fsp3) is 0.133. The van der Waals surface area contributed by atoms with Crippen LogP contribution in [-0.2, 0) is 0 Å². The van der Waals surface area contributed by atoms with E-state index in [0.717, 1.165) is 17.7 Å². The largest absolute Gasteiger partial charge is 0.341 e. The number of aldehydes is 1. The van der Waals surface area contributed by atoms with Gasteiger partial charge in [-0.2, -0.15) is 0 Å². The molecule has 2 rings (SSSR count). The molecular formula is C15H14FNO. The second-order valence-electron chi connectivity index (χ2n) is 3.90. The van der Waals surface area contributed by atoms with E-state index in [2.05, 4.69) is 0 Å². The molecule has 0 saturated heterocycles. The van der Waals surface area contributed by atoms with Gasteiger partial charge >= 0.3 is 0 Å². The lowest BCUT2D eigenvalue weighted by Crippen LogP contribution is -2.17. The molecular weight excluding hydrogens is 229 g/mol. The number of rotatable bonds is 4. The van der Waals surface area contributed by atoms with Gasteiger partial charge < -0.3 is 4.90 Å². The average Bonchev–Trinajstić information content (AvgIpc) is 2.42. The highest BCUT2D eigenvalue weighted by Crippen LogP contribution is 2.27. The predicted octanol–water partition coefficient (Wildman–Crippen LogP) is 3.80. The Balaban J connectivity index is 2.45. The van der Waals surface area contributed by atoms with Crippen LogP contribution in [0.15, 0.2) is 48.5 Å². The van der Waals surface area contributed by atoms with E-state index in [-0.39, 0.29) is 5.82 Å². The summed E-state index contributed by atoms with van der Waals surface area (Å²) in [6.07, 6.45) is 0.835. The molecule has 0 heterocycles. The Morgan fingerprint density at radius 1 is 1.11 bits per heavy atom. The Morgan fingerprint density at radius 2 is 1.78 bits per heavy atom. The Morgan fingerprint density at radius 3 is 2.39 bits per heavy atom. The molecule has 2 nitrogen and oxygen atoms in total. The third-order valence-corrected chi connectivity index (χ3v) is 2.81. The quantitative estimate of drug-likeness (QED) is 0.761. The Bertz CT molecular complexity index is 536. The van der Waals surface area contributed by atoms with Gasteiger partial charge in [0.05, 0.1) is 5.69 Å². The molecule has 0 unspecified atom stereocenters. The number of anilines is 2. The Labute approximate surface area is 106 Å². The molecule has 3 heteroatoms. The predicted molar refractivity (Wildman–Crippen MR) is 70.9 cm³/mol.